The van der Waals surface area contributed by atoms with Gasteiger partial charge in [-0.2, -0.15) is 0 Å². The average Bonchev–Trinajstić information content (AvgIpc) is 2.39. The van der Waals surface area contributed by atoms with Crippen LogP contribution in [-0.2, 0) is 0 Å². The molecule has 0 atom stereocenters. The van der Waals surface area contributed by atoms with Crippen molar-refractivity contribution in [3.05, 3.63) is 42.0 Å². The van der Waals surface area contributed by atoms with E-state index in [1.807, 2.05) is 0 Å². The van der Waals surface area contributed by atoms with E-state index in [-0.39, 0.29) is 12.2 Å². The summed E-state index contributed by atoms with van der Waals surface area (Å²) in [7, 11) is 0. The summed E-state index contributed by atoms with van der Waals surface area (Å²) in [5.74, 6) is -4.00. The Morgan fingerprint density at radius 1 is 1.40 bits per heavy atom. The maximum absolute atomic E-state index is 13.2. The molecule has 1 aromatic carbocycles. The van der Waals surface area contributed by atoms with Gasteiger partial charge in [0.1, 0.15) is 0 Å². The first-order chi connectivity index (χ1) is 9.40. The van der Waals surface area contributed by atoms with E-state index in [1.54, 1.807) is 6.92 Å². The lowest BCUT2D eigenvalue weighted by molar-refractivity contribution is 0.0697. The van der Waals surface area contributed by atoms with Crippen molar-refractivity contribution in [2.24, 2.45) is 0 Å². The van der Waals surface area contributed by atoms with Gasteiger partial charge in [0.25, 0.3) is 0 Å². The topological polar surface area (TPSA) is 69.6 Å². The normalized spacial score (nSPS) is 9.95. The van der Waals surface area contributed by atoms with Crippen molar-refractivity contribution < 1.29 is 23.5 Å². The van der Waals surface area contributed by atoms with Crippen LogP contribution in [0.4, 0.5) is 19.3 Å². The number of carbonyl (C=O) groups excluding carboxylic acids is 1. The van der Waals surface area contributed by atoms with Crippen LogP contribution in [-0.4, -0.2) is 35.1 Å². The Balaban J connectivity index is 3.07. The van der Waals surface area contributed by atoms with Gasteiger partial charge in [-0.1, -0.05) is 6.08 Å². The van der Waals surface area contributed by atoms with Crippen molar-refractivity contribution in [1.29, 1.82) is 0 Å². The molecule has 2 amide bonds. The Morgan fingerprint density at radius 2 is 2.00 bits per heavy atom. The van der Waals surface area contributed by atoms with Crippen LogP contribution < -0.4 is 5.32 Å². The third kappa shape index (κ3) is 3.53. The van der Waals surface area contributed by atoms with Crippen molar-refractivity contribution in [1.82, 2.24) is 4.90 Å². The lowest BCUT2D eigenvalue weighted by Gasteiger charge is -2.20. The highest BCUT2D eigenvalue weighted by atomic mass is 19.2. The second-order valence-electron chi connectivity index (χ2n) is 3.87. The fraction of sp³-hybridized carbons (Fsp3) is 0.231. The van der Waals surface area contributed by atoms with Crippen molar-refractivity contribution in [3.63, 3.8) is 0 Å². The Labute approximate surface area is 114 Å². The molecule has 108 valence electrons. The SMILES string of the molecule is C=CCN(CC)C(=O)Nc1cc(F)c(F)cc1C(=O)O. The maximum Gasteiger partial charge on any atom is 0.337 e. The molecule has 0 spiro atoms. The second kappa shape index (κ2) is 6.65. The fourth-order valence-electron chi connectivity index (χ4n) is 1.53. The molecule has 1 aromatic rings. The molecule has 0 unspecified atom stereocenters. The van der Waals surface area contributed by atoms with E-state index in [0.717, 1.165) is 0 Å². The maximum atomic E-state index is 13.2. The monoisotopic (exact) mass is 284 g/mol. The van der Waals surface area contributed by atoms with Crippen LogP contribution in [0.3, 0.4) is 0 Å². The Morgan fingerprint density at radius 3 is 2.50 bits per heavy atom. The van der Waals surface area contributed by atoms with Crippen molar-refractivity contribution in [2.45, 2.75) is 6.92 Å². The molecular weight excluding hydrogens is 270 g/mol. The predicted octanol–water partition coefficient (Wildman–Crippen LogP) is 2.70. The van der Waals surface area contributed by atoms with Gasteiger partial charge < -0.3 is 15.3 Å². The Bertz CT molecular complexity index is 547. The zero-order chi connectivity index (χ0) is 15.3. The molecule has 0 aliphatic rings. The molecule has 0 aromatic heterocycles. The number of nitrogens with one attached hydrogen (secondary N) is 1. The molecule has 0 saturated carbocycles. The number of likely N-dealkylation sites (N-methyl/N-ethyl adjacent to an activating group) is 1. The van der Waals surface area contributed by atoms with E-state index in [4.69, 9.17) is 5.11 Å². The number of carbonyl (C=O) groups is 2. The smallest absolute Gasteiger partial charge is 0.337 e. The van der Waals surface area contributed by atoms with Crippen molar-refractivity contribution in [2.75, 3.05) is 18.4 Å². The number of carboxylic acid groups (broad SMARTS) is 1. The molecule has 0 saturated heterocycles. The summed E-state index contributed by atoms with van der Waals surface area (Å²) >= 11 is 0. The summed E-state index contributed by atoms with van der Waals surface area (Å²) in [5.41, 5.74) is -0.823. The van der Waals surface area contributed by atoms with Crippen LogP contribution in [0.1, 0.15) is 17.3 Å². The van der Waals surface area contributed by atoms with Gasteiger partial charge in [0.2, 0.25) is 0 Å². The molecule has 2 N–H and O–H groups in total. The number of aromatic carboxylic acids is 1. The van der Waals surface area contributed by atoms with Gasteiger partial charge in [-0.05, 0) is 13.0 Å². The first-order valence-corrected chi connectivity index (χ1v) is 5.79. The van der Waals surface area contributed by atoms with Crippen LogP contribution in [0.2, 0.25) is 0 Å². The minimum absolute atomic E-state index is 0.244. The number of nitrogens with zero attached hydrogens (tertiary/aromatic N) is 1. The summed E-state index contributed by atoms with van der Waals surface area (Å²) in [6.07, 6.45) is 1.49. The number of hydrogen-bond donors (Lipinski definition) is 2. The minimum Gasteiger partial charge on any atom is -0.478 e. The molecule has 20 heavy (non-hydrogen) atoms. The van der Waals surface area contributed by atoms with E-state index < -0.39 is 29.2 Å². The third-order valence-corrected chi connectivity index (χ3v) is 2.55. The summed E-state index contributed by atoms with van der Waals surface area (Å²) in [4.78, 5) is 24.1. The summed E-state index contributed by atoms with van der Waals surface area (Å²) in [6.45, 7) is 5.79. The fourth-order valence-corrected chi connectivity index (χ4v) is 1.53. The molecule has 0 fully saturated rings. The van der Waals surface area contributed by atoms with E-state index in [2.05, 4.69) is 11.9 Å². The lowest BCUT2D eigenvalue weighted by Crippen LogP contribution is -2.35. The van der Waals surface area contributed by atoms with E-state index >= 15 is 0 Å². The molecule has 1 rings (SSSR count). The Hall–Kier alpha value is -2.44. The predicted molar refractivity (Wildman–Crippen MR) is 69.8 cm³/mol. The van der Waals surface area contributed by atoms with Gasteiger partial charge in [-0.25, -0.2) is 18.4 Å². The highest BCUT2D eigenvalue weighted by molar-refractivity contribution is 6.00. The van der Waals surface area contributed by atoms with Gasteiger partial charge in [0.15, 0.2) is 11.6 Å². The van der Waals surface area contributed by atoms with Crippen molar-refractivity contribution in [3.8, 4) is 0 Å². The largest absolute Gasteiger partial charge is 0.478 e. The molecule has 7 heteroatoms. The molecule has 0 bridgehead atoms. The molecule has 0 aliphatic carbocycles. The first kappa shape index (κ1) is 15.6. The number of amides is 2. The van der Waals surface area contributed by atoms with E-state index in [0.29, 0.717) is 18.7 Å². The number of carboxylic acids is 1. The molecule has 0 heterocycles. The number of anilines is 1. The van der Waals surface area contributed by atoms with Crippen LogP contribution >= 0.6 is 0 Å². The van der Waals surface area contributed by atoms with Crippen LogP contribution in [0.25, 0.3) is 0 Å². The molecular formula is C13H14F2N2O3. The zero-order valence-corrected chi connectivity index (χ0v) is 10.8. The first-order valence-electron chi connectivity index (χ1n) is 5.79. The standard InChI is InChI=1S/C13H14F2N2O3/c1-3-5-17(4-2)13(20)16-11-7-10(15)9(14)6-8(11)12(18)19/h3,6-7H,1,4-5H2,2H3,(H,16,20)(H,18,19). The van der Waals surface area contributed by atoms with Gasteiger partial charge in [0, 0.05) is 19.2 Å². The highest BCUT2D eigenvalue weighted by Crippen LogP contribution is 2.20. The van der Waals surface area contributed by atoms with E-state index in [1.165, 1.54) is 11.0 Å². The van der Waals surface area contributed by atoms with Crippen LogP contribution in [0.5, 0.6) is 0 Å². The van der Waals surface area contributed by atoms with Gasteiger partial charge in [-0.15, -0.1) is 6.58 Å². The van der Waals surface area contributed by atoms with Crippen molar-refractivity contribution >= 4 is 17.7 Å². The molecule has 0 radical (unpaired) electrons. The summed E-state index contributed by atoms with van der Waals surface area (Å²) in [6, 6.07) is 0.538. The third-order valence-electron chi connectivity index (χ3n) is 2.55. The second-order valence-corrected chi connectivity index (χ2v) is 3.87. The number of hydrogen-bond acceptors (Lipinski definition) is 2. The van der Waals surface area contributed by atoms with Gasteiger partial charge >= 0.3 is 12.0 Å². The molecule has 0 aliphatic heterocycles. The summed E-state index contributed by atoms with van der Waals surface area (Å²) in [5, 5.41) is 11.2. The van der Waals surface area contributed by atoms with Gasteiger partial charge in [0.05, 0.1) is 11.3 Å². The van der Waals surface area contributed by atoms with Crippen LogP contribution in [0.15, 0.2) is 24.8 Å². The van der Waals surface area contributed by atoms with Crippen LogP contribution in [0, 0.1) is 11.6 Å². The number of rotatable bonds is 5. The number of benzene rings is 1. The lowest BCUT2D eigenvalue weighted by atomic mass is 10.1. The number of urea groups is 1. The average molecular weight is 284 g/mol. The molecule has 5 nitrogen and oxygen atoms in total. The number of halogens is 2. The highest BCUT2D eigenvalue weighted by Gasteiger charge is 2.18. The van der Waals surface area contributed by atoms with Gasteiger partial charge in [-0.3, -0.25) is 0 Å². The van der Waals surface area contributed by atoms with E-state index in [9.17, 15) is 18.4 Å². The Kier molecular flexibility index (Phi) is 5.19. The summed E-state index contributed by atoms with van der Waals surface area (Å²) < 4.78 is 26.2. The zero-order valence-electron chi connectivity index (χ0n) is 10.8. The quantitative estimate of drug-likeness (QED) is 0.817. The minimum atomic E-state index is -1.47.